The quantitative estimate of drug-likeness (QED) is 0.878. The Morgan fingerprint density at radius 1 is 1.30 bits per heavy atom. The highest BCUT2D eigenvalue weighted by Crippen LogP contribution is 2.32. The molecule has 0 atom stereocenters. The fourth-order valence-electron chi connectivity index (χ4n) is 2.67. The molecule has 0 spiro atoms. The van der Waals surface area contributed by atoms with Crippen LogP contribution in [0.1, 0.15) is 33.5 Å². The number of nitrogens with zero attached hydrogens (tertiary/aromatic N) is 1. The number of hydrogen-bond donors (Lipinski definition) is 1. The third-order valence-corrected chi connectivity index (χ3v) is 4.95. The van der Waals surface area contributed by atoms with Crippen LogP contribution >= 0.6 is 11.3 Å². The highest BCUT2D eigenvalue weighted by atomic mass is 32.1. The third kappa shape index (κ3) is 2.31. The molecular weight excluding hydrogens is 268 g/mol. The maximum absolute atomic E-state index is 12.7. The fraction of sp³-hybridized carbons (Fsp3) is 0.312. The lowest BCUT2D eigenvalue weighted by Crippen LogP contribution is -2.29. The smallest absolute Gasteiger partial charge is 0.268 e. The highest BCUT2D eigenvalue weighted by molar-refractivity contribution is 7.14. The summed E-state index contributed by atoms with van der Waals surface area (Å²) in [5.41, 5.74) is 8.69. The number of rotatable bonds is 3. The number of thiophene rings is 1. The van der Waals surface area contributed by atoms with E-state index in [-0.39, 0.29) is 5.91 Å². The van der Waals surface area contributed by atoms with Gasteiger partial charge in [0.05, 0.1) is 4.88 Å². The summed E-state index contributed by atoms with van der Waals surface area (Å²) in [7, 11) is 0. The molecule has 1 amide bonds. The molecule has 1 aromatic carbocycles. The SMILES string of the molecule is CCN(C(=O)c1cc2c(s1)CCC2)c1ccc(N)cc1. The van der Waals surface area contributed by atoms with Gasteiger partial charge in [0.1, 0.15) is 0 Å². The molecule has 0 saturated heterocycles. The van der Waals surface area contributed by atoms with Gasteiger partial charge in [-0.2, -0.15) is 0 Å². The first-order chi connectivity index (χ1) is 9.69. The maximum atomic E-state index is 12.7. The number of nitrogens with two attached hydrogens (primary N) is 1. The molecular formula is C16H18N2OS. The zero-order chi connectivity index (χ0) is 14.1. The molecule has 0 fully saturated rings. The van der Waals surface area contributed by atoms with Gasteiger partial charge in [0.15, 0.2) is 0 Å². The first kappa shape index (κ1) is 13.2. The average molecular weight is 286 g/mol. The van der Waals surface area contributed by atoms with Crippen LogP contribution in [0.2, 0.25) is 0 Å². The molecule has 1 heterocycles. The van der Waals surface area contributed by atoms with E-state index < -0.39 is 0 Å². The Morgan fingerprint density at radius 3 is 2.70 bits per heavy atom. The summed E-state index contributed by atoms with van der Waals surface area (Å²) < 4.78 is 0. The lowest BCUT2D eigenvalue weighted by atomic mass is 10.2. The predicted molar refractivity (Wildman–Crippen MR) is 84.5 cm³/mol. The second-order valence-electron chi connectivity index (χ2n) is 5.05. The molecule has 3 nitrogen and oxygen atoms in total. The van der Waals surface area contributed by atoms with Crippen LogP contribution in [-0.2, 0) is 12.8 Å². The first-order valence-electron chi connectivity index (χ1n) is 6.98. The lowest BCUT2D eigenvalue weighted by Gasteiger charge is -2.20. The van der Waals surface area contributed by atoms with Gasteiger partial charge in [-0.15, -0.1) is 11.3 Å². The summed E-state index contributed by atoms with van der Waals surface area (Å²) in [5, 5.41) is 0. The van der Waals surface area contributed by atoms with Crippen molar-refractivity contribution in [2.75, 3.05) is 17.2 Å². The number of amides is 1. The van der Waals surface area contributed by atoms with Crippen molar-refractivity contribution in [3.63, 3.8) is 0 Å². The minimum Gasteiger partial charge on any atom is -0.399 e. The van der Waals surface area contributed by atoms with Gasteiger partial charge in [-0.1, -0.05) is 0 Å². The average Bonchev–Trinajstić information content (AvgIpc) is 3.02. The molecule has 1 aromatic heterocycles. The van der Waals surface area contributed by atoms with Crippen LogP contribution in [0.5, 0.6) is 0 Å². The lowest BCUT2D eigenvalue weighted by molar-refractivity contribution is 0.0992. The second kappa shape index (κ2) is 5.29. The molecule has 0 radical (unpaired) electrons. The normalized spacial score (nSPS) is 13.2. The summed E-state index contributed by atoms with van der Waals surface area (Å²) in [4.78, 5) is 16.7. The third-order valence-electron chi connectivity index (χ3n) is 3.72. The fourth-order valence-corrected chi connectivity index (χ4v) is 3.87. The Kier molecular flexibility index (Phi) is 3.49. The summed E-state index contributed by atoms with van der Waals surface area (Å²) >= 11 is 1.66. The summed E-state index contributed by atoms with van der Waals surface area (Å²) in [5.74, 6) is 0.0941. The van der Waals surface area contributed by atoms with Gasteiger partial charge >= 0.3 is 0 Å². The number of carbonyl (C=O) groups excluding carboxylic acids is 1. The van der Waals surface area contributed by atoms with E-state index in [9.17, 15) is 4.79 Å². The van der Waals surface area contributed by atoms with Crippen molar-refractivity contribution >= 4 is 28.6 Å². The van der Waals surface area contributed by atoms with Gasteiger partial charge in [0.2, 0.25) is 0 Å². The predicted octanol–water partition coefficient (Wildman–Crippen LogP) is 3.49. The number of benzene rings is 1. The zero-order valence-electron chi connectivity index (χ0n) is 11.6. The van der Waals surface area contributed by atoms with Gasteiger partial charge in [-0.05, 0) is 62.1 Å². The van der Waals surface area contributed by atoms with Gasteiger partial charge in [0, 0.05) is 22.8 Å². The van der Waals surface area contributed by atoms with Crippen LogP contribution in [0, 0.1) is 0 Å². The molecule has 104 valence electrons. The van der Waals surface area contributed by atoms with Crippen molar-refractivity contribution in [1.82, 2.24) is 0 Å². The second-order valence-corrected chi connectivity index (χ2v) is 6.19. The van der Waals surface area contributed by atoms with Crippen LogP contribution in [0.3, 0.4) is 0 Å². The first-order valence-corrected chi connectivity index (χ1v) is 7.79. The monoisotopic (exact) mass is 286 g/mol. The van der Waals surface area contributed by atoms with Crippen molar-refractivity contribution in [2.45, 2.75) is 26.2 Å². The van der Waals surface area contributed by atoms with E-state index >= 15 is 0 Å². The van der Waals surface area contributed by atoms with Crippen molar-refractivity contribution in [1.29, 1.82) is 0 Å². The van der Waals surface area contributed by atoms with Crippen LogP contribution in [0.15, 0.2) is 30.3 Å². The molecule has 1 aliphatic carbocycles. The maximum Gasteiger partial charge on any atom is 0.268 e. The van der Waals surface area contributed by atoms with Gasteiger partial charge < -0.3 is 10.6 Å². The van der Waals surface area contributed by atoms with E-state index in [4.69, 9.17) is 5.73 Å². The molecule has 1 aliphatic rings. The zero-order valence-corrected chi connectivity index (χ0v) is 12.4. The Balaban J connectivity index is 1.88. The van der Waals surface area contributed by atoms with E-state index in [0.717, 1.165) is 23.4 Å². The van der Waals surface area contributed by atoms with E-state index in [1.807, 2.05) is 31.2 Å². The van der Waals surface area contributed by atoms with Gasteiger partial charge in [0.25, 0.3) is 5.91 Å². The minimum absolute atomic E-state index is 0.0941. The van der Waals surface area contributed by atoms with Crippen molar-refractivity contribution in [3.05, 3.63) is 45.6 Å². The van der Waals surface area contributed by atoms with Crippen LogP contribution in [0.4, 0.5) is 11.4 Å². The van der Waals surface area contributed by atoms with E-state index in [0.29, 0.717) is 12.2 Å². The summed E-state index contributed by atoms with van der Waals surface area (Å²) in [6, 6.07) is 9.55. The number of anilines is 2. The van der Waals surface area contributed by atoms with Gasteiger partial charge in [-0.3, -0.25) is 4.79 Å². The van der Waals surface area contributed by atoms with E-state index in [1.165, 1.54) is 16.9 Å². The minimum atomic E-state index is 0.0941. The van der Waals surface area contributed by atoms with E-state index in [1.54, 1.807) is 16.2 Å². The molecule has 0 bridgehead atoms. The Morgan fingerprint density at radius 2 is 2.05 bits per heavy atom. The number of fused-ring (bicyclic) bond motifs is 1. The number of carbonyl (C=O) groups is 1. The topological polar surface area (TPSA) is 46.3 Å². The summed E-state index contributed by atoms with van der Waals surface area (Å²) in [6.07, 6.45) is 3.47. The molecule has 20 heavy (non-hydrogen) atoms. The number of nitrogen functional groups attached to an aromatic ring is 1. The Hall–Kier alpha value is -1.81. The standard InChI is InChI=1S/C16H18N2OS/c1-2-18(13-8-6-12(17)7-9-13)16(19)15-10-11-4-3-5-14(11)20-15/h6-10H,2-5,17H2,1H3. The molecule has 0 saturated carbocycles. The van der Waals surface area contributed by atoms with Crippen LogP contribution in [-0.4, -0.2) is 12.5 Å². The van der Waals surface area contributed by atoms with E-state index in [2.05, 4.69) is 6.07 Å². The van der Waals surface area contributed by atoms with Crippen molar-refractivity contribution < 1.29 is 4.79 Å². The highest BCUT2D eigenvalue weighted by Gasteiger charge is 2.22. The molecule has 2 aromatic rings. The molecule has 4 heteroatoms. The van der Waals surface area contributed by atoms with Crippen molar-refractivity contribution in [2.24, 2.45) is 0 Å². The van der Waals surface area contributed by atoms with Crippen molar-refractivity contribution in [3.8, 4) is 0 Å². The Bertz CT molecular complexity index is 609. The number of hydrogen-bond acceptors (Lipinski definition) is 3. The number of aryl methyl sites for hydroxylation is 2. The van der Waals surface area contributed by atoms with Crippen LogP contribution < -0.4 is 10.6 Å². The molecule has 2 N–H and O–H groups in total. The molecule has 3 rings (SSSR count). The van der Waals surface area contributed by atoms with Gasteiger partial charge in [-0.25, -0.2) is 0 Å². The Labute approximate surface area is 123 Å². The molecule has 0 unspecified atom stereocenters. The van der Waals surface area contributed by atoms with Crippen LogP contribution in [0.25, 0.3) is 0 Å². The summed E-state index contributed by atoms with van der Waals surface area (Å²) in [6.45, 7) is 2.65. The molecule has 0 aliphatic heterocycles. The largest absolute Gasteiger partial charge is 0.399 e.